The molecule has 0 unspecified atom stereocenters. The highest BCUT2D eigenvalue weighted by Gasteiger charge is 2.23. The molecule has 1 heterocycles. The molecule has 3 rings (SSSR count). The maximum atomic E-state index is 12.1. The molecule has 5 heteroatoms. The van der Waals surface area contributed by atoms with Crippen LogP contribution in [0.5, 0.6) is 11.5 Å². The number of amides is 1. The predicted octanol–water partition coefficient (Wildman–Crippen LogP) is 2.05. The fraction of sp³-hybridized carbons (Fsp3) is 0.467. The Labute approximate surface area is 117 Å². The molecule has 1 N–H and O–H groups in total. The zero-order chi connectivity index (χ0) is 13.9. The summed E-state index contributed by atoms with van der Waals surface area (Å²) in [4.78, 5) is 24.1. The summed E-state index contributed by atoms with van der Waals surface area (Å²) in [5, 5.41) is 2.82. The third-order valence-electron chi connectivity index (χ3n) is 3.78. The lowest BCUT2D eigenvalue weighted by Crippen LogP contribution is -2.40. The number of rotatable bonds is 3. The van der Waals surface area contributed by atoms with E-state index in [-0.39, 0.29) is 12.8 Å². The van der Waals surface area contributed by atoms with Gasteiger partial charge in [-0.2, -0.15) is 0 Å². The van der Waals surface area contributed by atoms with E-state index in [0.717, 1.165) is 25.7 Å². The standard InChI is InChI=1S/C15H17NO4/c17-14(15(18)16-11-4-2-1-3-5-11)10-6-7-12-13(8-10)20-9-19-12/h6-8,11H,1-5,9H2,(H,16,18). The summed E-state index contributed by atoms with van der Waals surface area (Å²) in [6, 6.07) is 4.94. The molecule has 20 heavy (non-hydrogen) atoms. The number of Topliss-reactive ketones (excluding diaryl/α,β-unsaturated/α-hetero) is 1. The molecule has 1 saturated carbocycles. The first-order chi connectivity index (χ1) is 9.74. The Kier molecular flexibility index (Phi) is 3.58. The Hall–Kier alpha value is -2.04. The molecule has 0 radical (unpaired) electrons. The van der Waals surface area contributed by atoms with Gasteiger partial charge in [-0.05, 0) is 31.0 Å². The molecular weight excluding hydrogens is 258 g/mol. The van der Waals surface area contributed by atoms with Gasteiger partial charge in [0.25, 0.3) is 5.91 Å². The summed E-state index contributed by atoms with van der Waals surface area (Å²) < 4.78 is 10.4. The van der Waals surface area contributed by atoms with E-state index in [2.05, 4.69) is 5.32 Å². The number of nitrogens with one attached hydrogen (secondary N) is 1. The van der Waals surface area contributed by atoms with Crippen LogP contribution in [0.1, 0.15) is 42.5 Å². The highest BCUT2D eigenvalue weighted by atomic mass is 16.7. The normalized spacial score (nSPS) is 17.8. The lowest BCUT2D eigenvalue weighted by molar-refractivity contribution is -0.117. The Balaban J connectivity index is 1.67. The first-order valence-electron chi connectivity index (χ1n) is 6.99. The van der Waals surface area contributed by atoms with Crippen LogP contribution >= 0.6 is 0 Å². The maximum absolute atomic E-state index is 12.1. The minimum absolute atomic E-state index is 0.134. The monoisotopic (exact) mass is 275 g/mol. The molecule has 0 spiro atoms. The van der Waals surface area contributed by atoms with Crippen molar-refractivity contribution < 1.29 is 19.1 Å². The summed E-state index contributed by atoms with van der Waals surface area (Å²) >= 11 is 0. The number of carbonyl (C=O) groups excluding carboxylic acids is 2. The largest absolute Gasteiger partial charge is 0.454 e. The van der Waals surface area contributed by atoms with Crippen molar-refractivity contribution in [3.63, 3.8) is 0 Å². The molecule has 106 valence electrons. The molecule has 1 aliphatic heterocycles. The van der Waals surface area contributed by atoms with Crippen LogP contribution in [0.15, 0.2) is 18.2 Å². The van der Waals surface area contributed by atoms with E-state index in [0.29, 0.717) is 17.1 Å². The molecule has 1 aromatic rings. The van der Waals surface area contributed by atoms with Gasteiger partial charge in [0.1, 0.15) is 0 Å². The van der Waals surface area contributed by atoms with E-state index in [1.165, 1.54) is 6.42 Å². The van der Waals surface area contributed by atoms with E-state index in [1.807, 2.05) is 0 Å². The van der Waals surface area contributed by atoms with Crippen molar-refractivity contribution >= 4 is 11.7 Å². The van der Waals surface area contributed by atoms with E-state index >= 15 is 0 Å². The van der Waals surface area contributed by atoms with Crippen molar-refractivity contribution in [1.29, 1.82) is 0 Å². The van der Waals surface area contributed by atoms with Gasteiger partial charge >= 0.3 is 0 Å². The van der Waals surface area contributed by atoms with Gasteiger partial charge in [0.15, 0.2) is 11.5 Å². The Morgan fingerprint density at radius 3 is 2.60 bits per heavy atom. The van der Waals surface area contributed by atoms with E-state index in [1.54, 1.807) is 18.2 Å². The van der Waals surface area contributed by atoms with E-state index in [4.69, 9.17) is 9.47 Å². The number of hydrogen-bond acceptors (Lipinski definition) is 4. The molecule has 2 aliphatic rings. The van der Waals surface area contributed by atoms with Crippen LogP contribution in [0.4, 0.5) is 0 Å². The topological polar surface area (TPSA) is 64.6 Å². The average molecular weight is 275 g/mol. The quantitative estimate of drug-likeness (QED) is 0.677. The Morgan fingerprint density at radius 1 is 1.05 bits per heavy atom. The number of benzene rings is 1. The van der Waals surface area contributed by atoms with Crippen LogP contribution in [0, 0.1) is 0 Å². The SMILES string of the molecule is O=C(NC1CCCCC1)C(=O)c1ccc2c(c1)OCO2. The van der Waals surface area contributed by atoms with Crippen molar-refractivity contribution in [3.05, 3.63) is 23.8 Å². The second kappa shape index (κ2) is 5.53. The van der Waals surface area contributed by atoms with Crippen LogP contribution in [0.25, 0.3) is 0 Å². The molecule has 0 bridgehead atoms. The lowest BCUT2D eigenvalue weighted by Gasteiger charge is -2.22. The van der Waals surface area contributed by atoms with Crippen LogP contribution in [0.3, 0.4) is 0 Å². The van der Waals surface area contributed by atoms with Gasteiger partial charge in [-0.15, -0.1) is 0 Å². The number of hydrogen-bond donors (Lipinski definition) is 1. The van der Waals surface area contributed by atoms with Crippen LogP contribution < -0.4 is 14.8 Å². The molecule has 0 saturated heterocycles. The van der Waals surface area contributed by atoms with Crippen molar-refractivity contribution in [2.75, 3.05) is 6.79 Å². The van der Waals surface area contributed by atoms with E-state index < -0.39 is 11.7 Å². The molecule has 1 aromatic carbocycles. The molecular formula is C15H17NO4. The first kappa shape index (κ1) is 13.0. The number of carbonyl (C=O) groups is 2. The van der Waals surface area contributed by atoms with Gasteiger partial charge in [-0.25, -0.2) is 0 Å². The second-order valence-corrected chi connectivity index (χ2v) is 5.21. The number of ether oxygens (including phenoxy) is 2. The fourth-order valence-electron chi connectivity index (χ4n) is 2.67. The lowest BCUT2D eigenvalue weighted by atomic mass is 9.95. The molecule has 1 amide bonds. The minimum atomic E-state index is -0.532. The average Bonchev–Trinajstić information content (AvgIpc) is 2.94. The minimum Gasteiger partial charge on any atom is -0.454 e. The highest BCUT2D eigenvalue weighted by molar-refractivity contribution is 6.42. The molecule has 1 aliphatic carbocycles. The van der Waals surface area contributed by atoms with Gasteiger partial charge in [0.05, 0.1) is 0 Å². The van der Waals surface area contributed by atoms with Crippen LogP contribution in [-0.2, 0) is 4.79 Å². The van der Waals surface area contributed by atoms with Crippen molar-refractivity contribution in [3.8, 4) is 11.5 Å². The van der Waals surface area contributed by atoms with Gasteiger partial charge in [-0.3, -0.25) is 9.59 Å². The summed E-state index contributed by atoms with van der Waals surface area (Å²) in [7, 11) is 0. The Morgan fingerprint density at radius 2 is 1.80 bits per heavy atom. The maximum Gasteiger partial charge on any atom is 0.292 e. The summed E-state index contributed by atoms with van der Waals surface area (Å²) in [5.41, 5.74) is 0.336. The van der Waals surface area contributed by atoms with Gasteiger partial charge < -0.3 is 14.8 Å². The van der Waals surface area contributed by atoms with Crippen molar-refractivity contribution in [1.82, 2.24) is 5.32 Å². The number of ketones is 1. The van der Waals surface area contributed by atoms with Crippen LogP contribution in [0.2, 0.25) is 0 Å². The zero-order valence-electron chi connectivity index (χ0n) is 11.2. The number of fused-ring (bicyclic) bond motifs is 1. The fourth-order valence-corrected chi connectivity index (χ4v) is 2.67. The summed E-state index contributed by atoms with van der Waals surface area (Å²) in [6.45, 7) is 0.154. The van der Waals surface area contributed by atoms with Crippen molar-refractivity contribution in [2.45, 2.75) is 38.1 Å². The summed E-state index contributed by atoms with van der Waals surface area (Å²) in [5.74, 6) is 0.0696. The van der Waals surface area contributed by atoms with Crippen molar-refractivity contribution in [2.24, 2.45) is 0 Å². The smallest absolute Gasteiger partial charge is 0.292 e. The first-order valence-corrected chi connectivity index (χ1v) is 6.99. The highest BCUT2D eigenvalue weighted by Crippen LogP contribution is 2.32. The van der Waals surface area contributed by atoms with Gasteiger partial charge in [0.2, 0.25) is 12.6 Å². The van der Waals surface area contributed by atoms with Gasteiger partial charge in [0, 0.05) is 11.6 Å². The third kappa shape index (κ3) is 2.61. The molecule has 1 fully saturated rings. The van der Waals surface area contributed by atoms with Crippen LogP contribution in [-0.4, -0.2) is 24.5 Å². The third-order valence-corrected chi connectivity index (χ3v) is 3.78. The second-order valence-electron chi connectivity index (χ2n) is 5.21. The molecule has 0 atom stereocenters. The van der Waals surface area contributed by atoms with E-state index in [9.17, 15) is 9.59 Å². The van der Waals surface area contributed by atoms with Gasteiger partial charge in [-0.1, -0.05) is 19.3 Å². The molecule has 0 aromatic heterocycles. The summed E-state index contributed by atoms with van der Waals surface area (Å²) in [6.07, 6.45) is 5.36. The predicted molar refractivity (Wildman–Crippen MR) is 71.9 cm³/mol. The molecule has 5 nitrogen and oxygen atoms in total. The Bertz CT molecular complexity index is 535. The zero-order valence-corrected chi connectivity index (χ0v) is 11.2.